The van der Waals surface area contributed by atoms with Gasteiger partial charge in [0.1, 0.15) is 0 Å². The molecule has 0 aliphatic rings. The van der Waals surface area contributed by atoms with Gasteiger partial charge in [-0.3, -0.25) is 0 Å². The Kier molecular flexibility index (Phi) is 70.9. The number of fused-ring (bicyclic) bond motifs is 1. The summed E-state index contributed by atoms with van der Waals surface area (Å²) in [5.74, 6) is 0. The number of rotatable bonds is 0. The molecule has 2 rings (SSSR count). The van der Waals surface area contributed by atoms with Crippen molar-refractivity contribution in [2.75, 3.05) is 0 Å². The van der Waals surface area contributed by atoms with E-state index in [2.05, 4.69) is 37.3 Å². The van der Waals surface area contributed by atoms with Crippen molar-refractivity contribution in [2.45, 2.75) is 34.6 Å². The van der Waals surface area contributed by atoms with Gasteiger partial charge in [0.25, 0.3) is 0 Å². The summed E-state index contributed by atoms with van der Waals surface area (Å²) in [6.07, 6.45) is 0. The first-order chi connectivity index (χ1) is 7.36. The van der Waals surface area contributed by atoms with Gasteiger partial charge in [-0.2, -0.15) is 24.3 Å². The molecule has 0 atom stereocenters. The van der Waals surface area contributed by atoms with E-state index >= 15 is 0 Å². The van der Waals surface area contributed by atoms with Crippen LogP contribution in [0.4, 0.5) is 0 Å². The van der Waals surface area contributed by atoms with E-state index in [4.69, 9.17) is 0 Å². The second kappa shape index (κ2) is 33.0. The van der Waals surface area contributed by atoms with E-state index in [1.165, 1.54) is 16.3 Å². The van der Waals surface area contributed by atoms with E-state index in [-0.39, 0.29) is 196 Å². The molecule has 2 aromatic rings. The average molecular weight is 735 g/mol. The zero-order valence-electron chi connectivity index (χ0n) is 13.9. The van der Waals surface area contributed by atoms with E-state index in [9.17, 15) is 0 Å². The van der Waals surface area contributed by atoms with E-state index in [1.807, 2.05) is 39.8 Å². The Morgan fingerprint density at radius 2 is 1.14 bits per heavy atom. The van der Waals surface area contributed by atoms with E-state index in [1.54, 1.807) is 0 Å². The third kappa shape index (κ3) is 21.5. The summed E-state index contributed by atoms with van der Waals surface area (Å²) in [5.41, 5.74) is 1.31. The molecule has 21 heavy (non-hydrogen) atoms. The number of hydrogen-bond acceptors (Lipinski definition) is 0. The molecule has 0 fully saturated rings. The molecular weight excluding hydrogens is 714 g/mol. The Morgan fingerprint density at radius 1 is 0.667 bits per heavy atom. The summed E-state index contributed by atoms with van der Waals surface area (Å²) in [6, 6.07) is 15.5. The van der Waals surface area contributed by atoms with Crippen molar-refractivity contribution in [3.05, 3.63) is 48.0 Å². The molecule has 0 aromatic heterocycles. The van der Waals surface area contributed by atoms with Crippen LogP contribution in [0.1, 0.15) is 33.3 Å². The molecule has 0 aliphatic carbocycles. The standard InChI is InChI=1S/C11H9.2C2H6.6Y/c1-9-6-7-10-4-2-3-5-11(10)8-9;2*1-2;;;;;;/h3-8H,1H3;2*1-2H3;;;;;;/q-1;;;;;;;;. The molecule has 0 N–H and O–H groups in total. The minimum atomic E-state index is 0. The molecule has 0 nitrogen and oxygen atoms in total. The number of benzene rings is 2. The molecule has 2 aromatic carbocycles. The maximum absolute atomic E-state index is 3.05. The Morgan fingerprint density at radius 3 is 1.62 bits per heavy atom. The first-order valence-corrected chi connectivity index (χ1v) is 5.73. The predicted molar refractivity (Wildman–Crippen MR) is 70.2 cm³/mol. The zero-order chi connectivity index (χ0) is 11.7. The summed E-state index contributed by atoms with van der Waals surface area (Å²) in [5, 5.41) is 2.56. The molecule has 0 saturated heterocycles. The summed E-state index contributed by atoms with van der Waals surface area (Å²) in [4.78, 5) is 0. The largest absolute Gasteiger partial charge is 0.183 e. The first kappa shape index (κ1) is 45.2. The SMILES string of the molecule is CC.CC.Cc1ccc2c[c-]ccc2c1.[Y].[Y].[Y].[Y].[Y].[Y]. The molecule has 0 saturated carbocycles. The van der Waals surface area contributed by atoms with Crippen molar-refractivity contribution >= 4 is 10.8 Å². The number of hydrogen-bond donors (Lipinski definition) is 0. The van der Waals surface area contributed by atoms with E-state index in [0.29, 0.717) is 0 Å². The van der Waals surface area contributed by atoms with Gasteiger partial charge in [0.05, 0.1) is 0 Å². The van der Waals surface area contributed by atoms with Gasteiger partial charge in [0, 0.05) is 196 Å². The number of aryl methyl sites for hydroxylation is 1. The normalized spacial score (nSPS) is 5.95. The van der Waals surface area contributed by atoms with Crippen LogP contribution >= 0.6 is 0 Å². The molecule has 100 valence electrons. The minimum Gasteiger partial charge on any atom is -0.183 e. The van der Waals surface area contributed by atoms with Gasteiger partial charge in [-0.1, -0.05) is 45.4 Å². The van der Waals surface area contributed by atoms with Crippen molar-refractivity contribution in [3.8, 4) is 0 Å². The second-order valence-corrected chi connectivity index (χ2v) is 2.78. The van der Waals surface area contributed by atoms with Gasteiger partial charge in [-0.05, 0) is 6.92 Å². The smallest absolute Gasteiger partial charge is 0 e. The van der Waals surface area contributed by atoms with Crippen molar-refractivity contribution in [2.24, 2.45) is 0 Å². The fourth-order valence-corrected chi connectivity index (χ4v) is 1.25. The molecule has 0 amide bonds. The van der Waals surface area contributed by atoms with Gasteiger partial charge < -0.3 is 0 Å². The predicted octanol–water partition coefficient (Wildman–Crippen LogP) is 4.99. The third-order valence-electron chi connectivity index (χ3n) is 1.84. The molecule has 6 radical (unpaired) electrons. The van der Waals surface area contributed by atoms with Crippen LogP contribution < -0.4 is 0 Å². The Bertz CT molecular complexity index is 393. The van der Waals surface area contributed by atoms with Gasteiger partial charge in [-0.25, -0.2) is 0 Å². The molecule has 6 heteroatoms. The van der Waals surface area contributed by atoms with Crippen LogP contribution in [0.15, 0.2) is 36.4 Å². The molecule has 0 heterocycles. The van der Waals surface area contributed by atoms with Crippen LogP contribution in [0.3, 0.4) is 0 Å². The van der Waals surface area contributed by atoms with Gasteiger partial charge in [0.2, 0.25) is 0 Å². The molecule has 0 aliphatic heterocycles. The summed E-state index contributed by atoms with van der Waals surface area (Å²) >= 11 is 0. The van der Waals surface area contributed by atoms with Crippen molar-refractivity contribution < 1.29 is 196 Å². The third-order valence-corrected chi connectivity index (χ3v) is 1.84. The Labute approximate surface area is 282 Å². The molecular formula is C15H21Y6-. The summed E-state index contributed by atoms with van der Waals surface area (Å²) in [6.45, 7) is 10.1. The maximum atomic E-state index is 3.05. The molecule has 0 unspecified atom stereocenters. The quantitative estimate of drug-likeness (QED) is 0.335. The topological polar surface area (TPSA) is 0 Å². The Hall–Kier alpha value is 5.32. The Balaban J connectivity index is -0.0000000365. The fraction of sp³-hybridized carbons (Fsp3) is 0.333. The van der Waals surface area contributed by atoms with Crippen molar-refractivity contribution in [3.63, 3.8) is 0 Å². The van der Waals surface area contributed by atoms with Crippen LogP contribution in [0.25, 0.3) is 10.8 Å². The van der Waals surface area contributed by atoms with Crippen molar-refractivity contribution in [1.29, 1.82) is 0 Å². The fourth-order valence-electron chi connectivity index (χ4n) is 1.25. The van der Waals surface area contributed by atoms with Crippen LogP contribution in [-0.2, 0) is 196 Å². The van der Waals surface area contributed by atoms with Crippen LogP contribution in [-0.4, -0.2) is 0 Å². The van der Waals surface area contributed by atoms with Crippen molar-refractivity contribution in [1.82, 2.24) is 0 Å². The first-order valence-electron chi connectivity index (χ1n) is 5.73. The van der Waals surface area contributed by atoms with Crippen LogP contribution in [0.5, 0.6) is 0 Å². The van der Waals surface area contributed by atoms with Crippen LogP contribution in [0.2, 0.25) is 0 Å². The minimum absolute atomic E-state index is 0. The second-order valence-electron chi connectivity index (χ2n) is 2.78. The van der Waals surface area contributed by atoms with Gasteiger partial charge >= 0.3 is 0 Å². The van der Waals surface area contributed by atoms with Gasteiger partial charge in [0.15, 0.2) is 0 Å². The van der Waals surface area contributed by atoms with Gasteiger partial charge in [-0.15, -0.1) is 16.8 Å². The average Bonchev–Trinajstić information content (AvgIpc) is 2.34. The maximum Gasteiger partial charge on any atom is 0 e. The molecule has 0 bridgehead atoms. The zero-order valence-corrected chi connectivity index (χ0v) is 31.0. The monoisotopic (exact) mass is 735 g/mol. The van der Waals surface area contributed by atoms with E-state index in [0.717, 1.165) is 0 Å². The summed E-state index contributed by atoms with van der Waals surface area (Å²) in [7, 11) is 0. The summed E-state index contributed by atoms with van der Waals surface area (Å²) < 4.78 is 0. The molecule has 0 spiro atoms. The van der Waals surface area contributed by atoms with E-state index < -0.39 is 0 Å². The van der Waals surface area contributed by atoms with Crippen LogP contribution in [0, 0.1) is 13.0 Å².